The molecule has 2 aromatic carbocycles. The molecule has 4 aliphatic heterocycles. The van der Waals surface area contributed by atoms with Gasteiger partial charge < -0.3 is 29.3 Å². The van der Waals surface area contributed by atoms with Gasteiger partial charge in [-0.3, -0.25) is 14.4 Å². The number of rotatable bonds is 5. The van der Waals surface area contributed by atoms with Crippen molar-refractivity contribution in [1.82, 2.24) is 4.90 Å². The molecule has 9 heteroatoms. The first-order chi connectivity index (χ1) is 18.5. The lowest BCUT2D eigenvalue weighted by atomic mass is 9.77. The number of aliphatic hydroxyl groups is 1. The summed E-state index contributed by atoms with van der Waals surface area (Å²) in [6, 6.07) is 15.4. The van der Waals surface area contributed by atoms with E-state index >= 15 is 0 Å². The van der Waals surface area contributed by atoms with Gasteiger partial charge in [0, 0.05) is 31.0 Å². The van der Waals surface area contributed by atoms with Gasteiger partial charge in [-0.15, -0.1) is 0 Å². The Kier molecular flexibility index (Phi) is 6.04. The molecule has 2 fully saturated rings. The lowest BCUT2D eigenvalue weighted by Gasteiger charge is -2.35. The summed E-state index contributed by atoms with van der Waals surface area (Å²) in [7, 11) is 1.57. The molecule has 2 saturated heterocycles. The summed E-state index contributed by atoms with van der Waals surface area (Å²) in [5.74, 6) is -1.95. The number of aliphatic hydroxyl groups excluding tert-OH is 1. The van der Waals surface area contributed by atoms with Crippen molar-refractivity contribution in [2.75, 3.05) is 43.2 Å². The highest BCUT2D eigenvalue weighted by atomic mass is 16.5. The standard InChI is InChI=1S/C29H29N3O6/c1-37-21-12-10-20(11-13-21)31-16-6-14-29-24(27(35)32(17-18-33)25(29)28(31)36)23-22(38-29)9-5-15-30(26(23)34)19-7-3-2-4-8-19/h2-14,22-25,33H,15-18H2,1H3/t22-,23+,24+,25?,29+/m1/s1. The van der Waals surface area contributed by atoms with E-state index in [-0.39, 0.29) is 37.4 Å². The van der Waals surface area contributed by atoms with Crippen LogP contribution in [0.3, 0.4) is 0 Å². The Hall–Kier alpha value is -3.95. The summed E-state index contributed by atoms with van der Waals surface area (Å²) in [4.78, 5) is 46.8. The van der Waals surface area contributed by atoms with Crippen LogP contribution in [0.25, 0.3) is 0 Å². The molecule has 0 aliphatic carbocycles. The zero-order valence-corrected chi connectivity index (χ0v) is 21.0. The second kappa shape index (κ2) is 9.41. The van der Waals surface area contributed by atoms with Crippen molar-refractivity contribution < 1.29 is 29.0 Å². The molecule has 6 rings (SSSR count). The summed E-state index contributed by atoms with van der Waals surface area (Å²) < 4.78 is 11.9. The molecular weight excluding hydrogens is 486 g/mol. The molecule has 2 aromatic rings. The molecule has 9 nitrogen and oxygen atoms in total. The van der Waals surface area contributed by atoms with Gasteiger partial charge in [-0.25, -0.2) is 0 Å². The van der Waals surface area contributed by atoms with Gasteiger partial charge >= 0.3 is 0 Å². The topological polar surface area (TPSA) is 99.6 Å². The number of carbonyl (C=O) groups excluding carboxylic acids is 3. The lowest BCUT2D eigenvalue weighted by molar-refractivity contribution is -0.141. The summed E-state index contributed by atoms with van der Waals surface area (Å²) in [5, 5.41) is 9.84. The first kappa shape index (κ1) is 24.4. The number of hydrogen-bond donors (Lipinski definition) is 1. The van der Waals surface area contributed by atoms with E-state index in [9.17, 15) is 19.5 Å². The van der Waals surface area contributed by atoms with E-state index in [0.29, 0.717) is 18.0 Å². The minimum Gasteiger partial charge on any atom is -0.497 e. The maximum Gasteiger partial charge on any atom is 0.253 e. The Morgan fingerprint density at radius 3 is 2.32 bits per heavy atom. The summed E-state index contributed by atoms with van der Waals surface area (Å²) in [5.41, 5.74) is 0.0477. The number of likely N-dealkylation sites (tertiary alicyclic amines) is 1. The Morgan fingerprint density at radius 2 is 1.61 bits per heavy atom. The number of anilines is 2. The molecule has 38 heavy (non-hydrogen) atoms. The fourth-order valence-corrected chi connectivity index (χ4v) is 6.32. The van der Waals surface area contributed by atoms with E-state index in [1.54, 1.807) is 47.3 Å². The molecule has 1 unspecified atom stereocenters. The number of β-amino-alcohol motifs (C(OH)–C–C–N with tert-alkyl or cyclic N) is 1. The van der Waals surface area contributed by atoms with E-state index in [4.69, 9.17) is 9.47 Å². The molecule has 1 N–H and O–H groups in total. The Labute approximate surface area is 220 Å². The average molecular weight is 516 g/mol. The van der Waals surface area contributed by atoms with Crippen LogP contribution >= 0.6 is 0 Å². The molecule has 4 heterocycles. The van der Waals surface area contributed by atoms with Gasteiger partial charge in [-0.05, 0) is 36.4 Å². The van der Waals surface area contributed by atoms with Crippen LogP contribution in [0, 0.1) is 11.8 Å². The molecule has 1 spiro atoms. The maximum atomic E-state index is 14.2. The second-order valence-electron chi connectivity index (χ2n) is 9.86. The zero-order valence-electron chi connectivity index (χ0n) is 21.0. The van der Waals surface area contributed by atoms with Gasteiger partial charge in [0.05, 0.1) is 31.7 Å². The monoisotopic (exact) mass is 515 g/mol. The summed E-state index contributed by atoms with van der Waals surface area (Å²) in [6.07, 6.45) is 6.68. The Balaban J connectivity index is 1.42. The Bertz CT molecular complexity index is 1310. The SMILES string of the molecule is COc1ccc(N2CC=C[C@]34O[C@@H]5C=CCN(c6ccccc6)C(=O)[C@@H]5[C@H]3C(=O)N(CCO)C4C2=O)cc1. The van der Waals surface area contributed by atoms with Crippen LogP contribution in [0.4, 0.5) is 11.4 Å². The third-order valence-electron chi connectivity index (χ3n) is 7.95. The van der Waals surface area contributed by atoms with Crippen LogP contribution in [0.5, 0.6) is 5.75 Å². The molecule has 4 aliphatic rings. The van der Waals surface area contributed by atoms with Crippen LogP contribution in [0.1, 0.15) is 0 Å². The number of nitrogens with zero attached hydrogens (tertiary/aromatic N) is 3. The van der Waals surface area contributed by atoms with Gasteiger partial charge in [0.1, 0.15) is 17.4 Å². The predicted molar refractivity (Wildman–Crippen MR) is 140 cm³/mol. The molecule has 3 amide bonds. The highest BCUT2D eigenvalue weighted by Crippen LogP contribution is 2.53. The third kappa shape index (κ3) is 3.57. The number of hydrogen-bond acceptors (Lipinski definition) is 6. The Morgan fingerprint density at radius 1 is 0.921 bits per heavy atom. The largest absolute Gasteiger partial charge is 0.497 e. The number of methoxy groups -OCH3 is 1. The van der Waals surface area contributed by atoms with E-state index in [2.05, 4.69) is 0 Å². The summed E-state index contributed by atoms with van der Waals surface area (Å²) >= 11 is 0. The van der Waals surface area contributed by atoms with E-state index in [1.165, 1.54) is 4.90 Å². The number of para-hydroxylation sites is 1. The van der Waals surface area contributed by atoms with E-state index < -0.39 is 29.6 Å². The molecule has 0 bridgehead atoms. The van der Waals surface area contributed by atoms with Crippen molar-refractivity contribution in [3.05, 3.63) is 78.9 Å². The minimum atomic E-state index is -1.33. The fraction of sp³-hybridized carbons (Fsp3) is 0.345. The maximum absolute atomic E-state index is 14.2. The molecule has 0 saturated carbocycles. The van der Waals surface area contributed by atoms with Gasteiger partial charge in [0.25, 0.3) is 5.91 Å². The summed E-state index contributed by atoms with van der Waals surface area (Å²) in [6.45, 7) is 0.278. The number of carbonyl (C=O) groups is 3. The van der Waals surface area contributed by atoms with Gasteiger partial charge in [-0.1, -0.05) is 42.5 Å². The second-order valence-corrected chi connectivity index (χ2v) is 9.86. The van der Waals surface area contributed by atoms with Crippen LogP contribution in [0.2, 0.25) is 0 Å². The van der Waals surface area contributed by atoms with Crippen molar-refractivity contribution in [2.45, 2.75) is 17.7 Å². The van der Waals surface area contributed by atoms with Crippen LogP contribution in [0.15, 0.2) is 78.9 Å². The first-order valence-electron chi connectivity index (χ1n) is 12.8. The first-order valence-corrected chi connectivity index (χ1v) is 12.8. The van der Waals surface area contributed by atoms with Crippen LogP contribution in [-0.4, -0.2) is 78.8 Å². The lowest BCUT2D eigenvalue weighted by Crippen LogP contribution is -2.55. The molecule has 0 radical (unpaired) electrons. The van der Waals surface area contributed by atoms with Crippen molar-refractivity contribution in [1.29, 1.82) is 0 Å². The highest BCUT2D eigenvalue weighted by Gasteiger charge is 2.71. The van der Waals surface area contributed by atoms with Crippen molar-refractivity contribution in [3.8, 4) is 5.75 Å². The normalized spacial score (nSPS) is 30.2. The predicted octanol–water partition coefficient (Wildman–Crippen LogP) is 1.77. The zero-order chi connectivity index (χ0) is 26.4. The van der Waals surface area contributed by atoms with Gasteiger partial charge in [0.2, 0.25) is 11.8 Å². The molecule has 5 atom stereocenters. The number of amides is 3. The average Bonchev–Trinajstić information content (AvgIpc) is 3.24. The van der Waals surface area contributed by atoms with Gasteiger partial charge in [0.15, 0.2) is 0 Å². The highest BCUT2D eigenvalue weighted by molar-refractivity contribution is 6.07. The van der Waals surface area contributed by atoms with E-state index in [0.717, 1.165) is 5.69 Å². The molecular formula is C29H29N3O6. The number of benzene rings is 2. The quantitative estimate of drug-likeness (QED) is 0.610. The number of ether oxygens (including phenoxy) is 2. The van der Waals surface area contributed by atoms with Crippen molar-refractivity contribution in [2.24, 2.45) is 11.8 Å². The third-order valence-corrected chi connectivity index (χ3v) is 7.95. The molecule has 0 aromatic heterocycles. The minimum absolute atomic E-state index is 0.0367. The smallest absolute Gasteiger partial charge is 0.253 e. The van der Waals surface area contributed by atoms with Crippen molar-refractivity contribution in [3.63, 3.8) is 0 Å². The van der Waals surface area contributed by atoms with Crippen LogP contribution < -0.4 is 14.5 Å². The van der Waals surface area contributed by atoms with Gasteiger partial charge in [-0.2, -0.15) is 0 Å². The van der Waals surface area contributed by atoms with Crippen LogP contribution in [-0.2, 0) is 19.1 Å². The van der Waals surface area contributed by atoms with E-state index in [1.807, 2.05) is 48.6 Å². The fourth-order valence-electron chi connectivity index (χ4n) is 6.32. The molecule has 196 valence electrons. The van der Waals surface area contributed by atoms with Crippen molar-refractivity contribution >= 4 is 29.1 Å². The number of fused-ring (bicyclic) bond motifs is 2.